The van der Waals surface area contributed by atoms with Gasteiger partial charge in [0.25, 0.3) is 0 Å². The van der Waals surface area contributed by atoms with Crippen LogP contribution in [0.4, 0.5) is 17.6 Å². The number of ether oxygens (including phenoxy) is 2. The highest BCUT2D eigenvalue weighted by Gasteiger charge is 2.31. The molecule has 1 unspecified atom stereocenters. The van der Waals surface area contributed by atoms with Gasteiger partial charge in [0.15, 0.2) is 0 Å². The van der Waals surface area contributed by atoms with E-state index in [0.717, 1.165) is 31.7 Å². The number of piperazine rings is 1. The molecule has 1 aliphatic rings. The maximum atomic E-state index is 13.6. The van der Waals surface area contributed by atoms with E-state index in [9.17, 15) is 22.7 Å². The van der Waals surface area contributed by atoms with Crippen molar-refractivity contribution < 1.29 is 32.1 Å². The van der Waals surface area contributed by atoms with Crippen LogP contribution in [0, 0.1) is 5.82 Å². The van der Waals surface area contributed by atoms with Crippen LogP contribution < -0.4 is 4.74 Å². The average Bonchev–Trinajstić information content (AvgIpc) is 2.71. The molecule has 3 rings (SSSR count). The number of alkyl halides is 3. The number of benzene rings is 2. The van der Waals surface area contributed by atoms with E-state index in [1.54, 1.807) is 30.3 Å². The van der Waals surface area contributed by atoms with Gasteiger partial charge in [-0.15, -0.1) is 13.2 Å². The maximum Gasteiger partial charge on any atom is 0.573 e. The molecule has 0 saturated carbocycles. The quantitative estimate of drug-likeness (QED) is 0.603. The Morgan fingerprint density at radius 1 is 0.935 bits per heavy atom. The summed E-state index contributed by atoms with van der Waals surface area (Å²) in [6.07, 6.45) is -5.36. The summed E-state index contributed by atoms with van der Waals surface area (Å²) in [5, 5.41) is 10.2. The summed E-state index contributed by atoms with van der Waals surface area (Å²) in [6, 6.07) is 12.3. The van der Waals surface area contributed by atoms with Crippen molar-refractivity contribution in [2.75, 3.05) is 39.3 Å². The van der Waals surface area contributed by atoms with Crippen LogP contribution in [0.3, 0.4) is 0 Å². The molecule has 1 saturated heterocycles. The molecule has 1 N–H and O–H groups in total. The van der Waals surface area contributed by atoms with Crippen molar-refractivity contribution in [1.82, 2.24) is 9.80 Å². The van der Waals surface area contributed by atoms with Crippen molar-refractivity contribution in [3.05, 3.63) is 65.5 Å². The zero-order valence-electron chi connectivity index (χ0n) is 17.0. The monoisotopic (exact) mass is 442 g/mol. The molecule has 1 fully saturated rings. The lowest BCUT2D eigenvalue weighted by atomic mass is 10.2. The summed E-state index contributed by atoms with van der Waals surface area (Å²) in [5.74, 6) is -0.553. The normalized spacial score (nSPS) is 16.9. The van der Waals surface area contributed by atoms with Gasteiger partial charge in [-0.3, -0.25) is 9.80 Å². The third-order valence-corrected chi connectivity index (χ3v) is 5.02. The summed E-state index contributed by atoms with van der Waals surface area (Å²) in [6.45, 7) is 4.43. The molecule has 0 amide bonds. The molecule has 5 nitrogen and oxygen atoms in total. The second-order valence-electron chi connectivity index (χ2n) is 7.53. The lowest BCUT2D eigenvalue weighted by molar-refractivity contribution is -0.274. The zero-order valence-corrected chi connectivity index (χ0v) is 17.0. The van der Waals surface area contributed by atoms with Gasteiger partial charge in [-0.25, -0.2) is 4.39 Å². The number of aliphatic hydroxyl groups is 1. The van der Waals surface area contributed by atoms with Crippen LogP contribution in [0.25, 0.3) is 0 Å². The molecule has 0 spiro atoms. The van der Waals surface area contributed by atoms with E-state index in [-0.39, 0.29) is 24.8 Å². The van der Waals surface area contributed by atoms with Crippen LogP contribution in [0.2, 0.25) is 0 Å². The van der Waals surface area contributed by atoms with Crippen molar-refractivity contribution in [3.8, 4) is 5.75 Å². The summed E-state index contributed by atoms with van der Waals surface area (Å²) in [5.41, 5.74) is 1.37. The molecule has 1 atom stereocenters. The number of hydrogen-bond donors (Lipinski definition) is 1. The summed E-state index contributed by atoms with van der Waals surface area (Å²) in [7, 11) is 0. The van der Waals surface area contributed by atoms with Crippen molar-refractivity contribution in [2.24, 2.45) is 0 Å². The van der Waals surface area contributed by atoms with Gasteiger partial charge in [0.05, 0.1) is 19.3 Å². The van der Waals surface area contributed by atoms with Gasteiger partial charge in [0, 0.05) is 44.8 Å². The number of halogens is 4. The minimum Gasteiger partial charge on any atom is -0.406 e. The van der Waals surface area contributed by atoms with Crippen LogP contribution in [-0.2, 0) is 17.9 Å². The molecule has 2 aromatic rings. The Labute approximate surface area is 178 Å². The molecule has 9 heteroatoms. The van der Waals surface area contributed by atoms with Crippen LogP contribution in [-0.4, -0.2) is 66.7 Å². The standard InChI is InChI=1S/C22H26F4N2O3/c23-21-4-2-1-3-18(21)15-30-16-19(29)14-28-11-9-27(10-12-28)13-17-5-7-20(8-6-17)31-22(24,25)26/h1-8,19,29H,9-16H2. The summed E-state index contributed by atoms with van der Waals surface area (Å²) >= 11 is 0. The van der Waals surface area contributed by atoms with E-state index in [1.807, 2.05) is 0 Å². The third kappa shape index (κ3) is 8.10. The fourth-order valence-electron chi connectivity index (χ4n) is 3.46. The number of β-amino-alcohol motifs (C(OH)–C–C–N with tert-alkyl or cyclic N) is 1. The fraction of sp³-hybridized carbons (Fsp3) is 0.455. The topological polar surface area (TPSA) is 45.2 Å². The lowest BCUT2D eigenvalue weighted by Crippen LogP contribution is -2.48. The minimum absolute atomic E-state index is 0.115. The molecule has 0 radical (unpaired) electrons. The third-order valence-electron chi connectivity index (χ3n) is 5.02. The minimum atomic E-state index is -4.69. The first kappa shape index (κ1) is 23.5. The zero-order chi connectivity index (χ0) is 22.3. The largest absolute Gasteiger partial charge is 0.573 e. The Morgan fingerprint density at radius 3 is 2.23 bits per heavy atom. The number of hydrogen-bond acceptors (Lipinski definition) is 5. The predicted molar refractivity (Wildman–Crippen MR) is 107 cm³/mol. The molecule has 2 aromatic carbocycles. The Morgan fingerprint density at radius 2 is 1.58 bits per heavy atom. The Bertz CT molecular complexity index is 809. The first-order chi connectivity index (χ1) is 14.8. The highest BCUT2D eigenvalue weighted by Crippen LogP contribution is 2.23. The molecule has 170 valence electrons. The fourth-order valence-corrected chi connectivity index (χ4v) is 3.46. The van der Waals surface area contributed by atoms with Gasteiger partial charge in [-0.2, -0.15) is 0 Å². The SMILES string of the molecule is OC(COCc1ccccc1F)CN1CCN(Cc2ccc(OC(F)(F)F)cc2)CC1. The first-order valence-electron chi connectivity index (χ1n) is 10.1. The van der Waals surface area contributed by atoms with E-state index in [1.165, 1.54) is 18.2 Å². The van der Waals surface area contributed by atoms with Gasteiger partial charge in [-0.05, 0) is 23.8 Å². The highest BCUT2D eigenvalue weighted by molar-refractivity contribution is 5.27. The van der Waals surface area contributed by atoms with Crippen molar-refractivity contribution >= 4 is 0 Å². The first-order valence-corrected chi connectivity index (χ1v) is 10.1. The maximum absolute atomic E-state index is 13.6. The van der Waals surface area contributed by atoms with Crippen LogP contribution >= 0.6 is 0 Å². The number of rotatable bonds is 9. The predicted octanol–water partition coefficient (Wildman–Crippen LogP) is 3.42. The molecular formula is C22H26F4N2O3. The smallest absolute Gasteiger partial charge is 0.406 e. The number of aliphatic hydroxyl groups excluding tert-OH is 1. The van der Waals surface area contributed by atoms with E-state index < -0.39 is 12.5 Å². The van der Waals surface area contributed by atoms with Crippen molar-refractivity contribution in [2.45, 2.75) is 25.6 Å². The molecule has 31 heavy (non-hydrogen) atoms. The van der Waals surface area contributed by atoms with Crippen LogP contribution in [0.15, 0.2) is 48.5 Å². The van der Waals surface area contributed by atoms with Crippen LogP contribution in [0.5, 0.6) is 5.75 Å². The number of nitrogens with zero attached hydrogens (tertiary/aromatic N) is 2. The van der Waals surface area contributed by atoms with E-state index in [2.05, 4.69) is 14.5 Å². The summed E-state index contributed by atoms with van der Waals surface area (Å²) < 4.78 is 59.6. The van der Waals surface area contributed by atoms with Gasteiger partial charge < -0.3 is 14.6 Å². The second-order valence-corrected chi connectivity index (χ2v) is 7.53. The summed E-state index contributed by atoms with van der Waals surface area (Å²) in [4.78, 5) is 4.34. The highest BCUT2D eigenvalue weighted by atomic mass is 19.4. The Balaban J connectivity index is 1.34. The van der Waals surface area contributed by atoms with Gasteiger partial charge in [0.2, 0.25) is 0 Å². The molecule has 1 aliphatic heterocycles. The van der Waals surface area contributed by atoms with E-state index in [0.29, 0.717) is 18.7 Å². The second kappa shape index (κ2) is 10.9. The average molecular weight is 442 g/mol. The molecule has 0 aliphatic carbocycles. The molecule has 1 heterocycles. The molecule has 0 bridgehead atoms. The van der Waals surface area contributed by atoms with Gasteiger partial charge >= 0.3 is 6.36 Å². The Hall–Kier alpha value is -2.20. The van der Waals surface area contributed by atoms with Crippen molar-refractivity contribution in [1.29, 1.82) is 0 Å². The Kier molecular flexibility index (Phi) is 8.25. The van der Waals surface area contributed by atoms with Crippen molar-refractivity contribution in [3.63, 3.8) is 0 Å². The van der Waals surface area contributed by atoms with Crippen LogP contribution in [0.1, 0.15) is 11.1 Å². The van der Waals surface area contributed by atoms with E-state index in [4.69, 9.17) is 4.74 Å². The van der Waals surface area contributed by atoms with Gasteiger partial charge in [0.1, 0.15) is 11.6 Å². The van der Waals surface area contributed by atoms with Gasteiger partial charge in [-0.1, -0.05) is 30.3 Å². The molecule has 0 aromatic heterocycles. The lowest BCUT2D eigenvalue weighted by Gasteiger charge is -2.35. The van der Waals surface area contributed by atoms with E-state index >= 15 is 0 Å². The molecular weight excluding hydrogens is 416 g/mol.